The predicted octanol–water partition coefficient (Wildman–Crippen LogP) is 3.10. The molecule has 1 saturated carbocycles. The molecule has 0 bridgehead atoms. The quantitative estimate of drug-likeness (QED) is 0.809. The molecule has 0 N–H and O–H groups in total. The zero-order chi connectivity index (χ0) is 16.1. The standard InChI is InChI=1S/C18H29N3O2/c1-23-13-12-20-11-9-17(19-20)18(22)21-10-5-8-16(21)14-15-6-3-2-4-7-15/h9,11,15-16H,2-8,10,12-14H2,1H3/t16-/m0/s1. The molecule has 0 unspecified atom stereocenters. The minimum absolute atomic E-state index is 0.111. The molecule has 1 aromatic heterocycles. The molecule has 1 aromatic rings. The van der Waals surface area contributed by atoms with E-state index in [1.54, 1.807) is 11.8 Å². The molecule has 0 aromatic carbocycles. The average molecular weight is 319 g/mol. The topological polar surface area (TPSA) is 47.4 Å². The Morgan fingerprint density at radius 1 is 1.26 bits per heavy atom. The highest BCUT2D eigenvalue weighted by atomic mass is 16.5. The lowest BCUT2D eigenvalue weighted by atomic mass is 9.84. The number of hydrogen-bond donors (Lipinski definition) is 0. The SMILES string of the molecule is COCCn1ccc(C(=O)N2CCC[C@H]2CC2CCCCC2)n1. The Bertz CT molecular complexity index is 508. The van der Waals surface area contributed by atoms with Crippen molar-refractivity contribution < 1.29 is 9.53 Å². The van der Waals surface area contributed by atoms with Crippen LogP contribution >= 0.6 is 0 Å². The Hall–Kier alpha value is -1.36. The summed E-state index contributed by atoms with van der Waals surface area (Å²) in [5.74, 6) is 0.931. The van der Waals surface area contributed by atoms with Crippen LogP contribution in [0.2, 0.25) is 0 Å². The third-order valence-electron chi connectivity index (χ3n) is 5.35. The van der Waals surface area contributed by atoms with Crippen LogP contribution in [0, 0.1) is 5.92 Å². The highest BCUT2D eigenvalue weighted by Crippen LogP contribution is 2.32. The minimum Gasteiger partial charge on any atom is -0.383 e. The lowest BCUT2D eigenvalue weighted by molar-refractivity contribution is 0.0704. The van der Waals surface area contributed by atoms with Gasteiger partial charge in [-0.15, -0.1) is 0 Å². The largest absolute Gasteiger partial charge is 0.383 e. The number of methoxy groups -OCH3 is 1. The van der Waals surface area contributed by atoms with Crippen molar-refractivity contribution in [1.29, 1.82) is 0 Å². The van der Waals surface area contributed by atoms with E-state index in [0.29, 0.717) is 24.9 Å². The molecule has 5 nitrogen and oxygen atoms in total. The number of hydrogen-bond acceptors (Lipinski definition) is 3. The van der Waals surface area contributed by atoms with Gasteiger partial charge < -0.3 is 9.64 Å². The van der Waals surface area contributed by atoms with E-state index >= 15 is 0 Å². The van der Waals surface area contributed by atoms with Gasteiger partial charge in [-0.2, -0.15) is 5.10 Å². The van der Waals surface area contributed by atoms with Gasteiger partial charge in [0, 0.05) is 25.9 Å². The van der Waals surface area contributed by atoms with E-state index in [0.717, 1.165) is 25.3 Å². The van der Waals surface area contributed by atoms with E-state index in [-0.39, 0.29) is 5.91 Å². The van der Waals surface area contributed by atoms with Crippen molar-refractivity contribution in [2.24, 2.45) is 5.92 Å². The van der Waals surface area contributed by atoms with Gasteiger partial charge in [0.25, 0.3) is 5.91 Å². The molecule has 2 fully saturated rings. The maximum Gasteiger partial charge on any atom is 0.274 e. The van der Waals surface area contributed by atoms with Crippen molar-refractivity contribution in [3.63, 3.8) is 0 Å². The van der Waals surface area contributed by atoms with Crippen LogP contribution in [0.25, 0.3) is 0 Å². The molecular formula is C18H29N3O2. The fraction of sp³-hybridized carbons (Fsp3) is 0.778. The molecule has 1 amide bonds. The number of carbonyl (C=O) groups excluding carboxylic acids is 1. The summed E-state index contributed by atoms with van der Waals surface area (Å²) >= 11 is 0. The number of likely N-dealkylation sites (tertiary alicyclic amines) is 1. The van der Waals surface area contributed by atoms with Crippen molar-refractivity contribution in [1.82, 2.24) is 14.7 Å². The second-order valence-electron chi connectivity index (χ2n) is 6.99. The highest BCUT2D eigenvalue weighted by Gasteiger charge is 2.32. The lowest BCUT2D eigenvalue weighted by Gasteiger charge is -2.29. The van der Waals surface area contributed by atoms with Crippen LogP contribution in [0.5, 0.6) is 0 Å². The monoisotopic (exact) mass is 319 g/mol. The minimum atomic E-state index is 0.111. The van der Waals surface area contributed by atoms with Crippen molar-refractivity contribution in [2.45, 2.75) is 64.0 Å². The molecule has 1 atom stereocenters. The molecule has 1 aliphatic heterocycles. The Kier molecular flexibility index (Phi) is 5.70. The number of carbonyl (C=O) groups is 1. The van der Waals surface area contributed by atoms with Gasteiger partial charge in [0.05, 0.1) is 13.2 Å². The maximum atomic E-state index is 12.8. The van der Waals surface area contributed by atoms with Gasteiger partial charge in [-0.25, -0.2) is 0 Å². The first-order valence-corrected chi connectivity index (χ1v) is 9.11. The lowest BCUT2D eigenvalue weighted by Crippen LogP contribution is -2.37. The van der Waals surface area contributed by atoms with E-state index < -0.39 is 0 Å². The fourth-order valence-electron chi connectivity index (χ4n) is 4.09. The van der Waals surface area contributed by atoms with Gasteiger partial charge in [0.15, 0.2) is 0 Å². The van der Waals surface area contributed by atoms with E-state index in [9.17, 15) is 4.79 Å². The third-order valence-corrected chi connectivity index (χ3v) is 5.35. The molecule has 1 saturated heterocycles. The molecular weight excluding hydrogens is 290 g/mol. The first-order valence-electron chi connectivity index (χ1n) is 9.11. The van der Waals surface area contributed by atoms with Crippen molar-refractivity contribution in [3.8, 4) is 0 Å². The molecule has 128 valence electrons. The van der Waals surface area contributed by atoms with Crippen LogP contribution in [0.4, 0.5) is 0 Å². The molecule has 23 heavy (non-hydrogen) atoms. The summed E-state index contributed by atoms with van der Waals surface area (Å²) in [6.45, 7) is 2.19. The first kappa shape index (κ1) is 16.5. The number of ether oxygens (including phenoxy) is 1. The van der Waals surface area contributed by atoms with Crippen molar-refractivity contribution in [2.75, 3.05) is 20.3 Å². The summed E-state index contributed by atoms with van der Waals surface area (Å²) in [4.78, 5) is 14.9. The van der Waals surface area contributed by atoms with Crippen molar-refractivity contribution >= 4 is 5.91 Å². The Morgan fingerprint density at radius 3 is 2.87 bits per heavy atom. The maximum absolute atomic E-state index is 12.8. The molecule has 3 rings (SSSR count). The number of nitrogens with zero attached hydrogens (tertiary/aromatic N) is 3. The van der Waals surface area contributed by atoms with E-state index in [2.05, 4.69) is 10.00 Å². The highest BCUT2D eigenvalue weighted by molar-refractivity contribution is 5.92. The van der Waals surface area contributed by atoms with Gasteiger partial charge in [0.2, 0.25) is 0 Å². The Morgan fingerprint density at radius 2 is 2.09 bits per heavy atom. The Labute approximate surface area is 139 Å². The number of rotatable bonds is 6. The summed E-state index contributed by atoms with van der Waals surface area (Å²) < 4.78 is 6.86. The summed E-state index contributed by atoms with van der Waals surface area (Å²) in [7, 11) is 1.68. The van der Waals surface area contributed by atoms with Gasteiger partial charge in [-0.3, -0.25) is 9.48 Å². The molecule has 5 heteroatoms. The molecule has 0 spiro atoms. The van der Waals surface area contributed by atoms with E-state index in [1.165, 1.54) is 38.5 Å². The van der Waals surface area contributed by atoms with Crippen molar-refractivity contribution in [3.05, 3.63) is 18.0 Å². The summed E-state index contributed by atoms with van der Waals surface area (Å²) in [5.41, 5.74) is 0.580. The Balaban J connectivity index is 1.59. The van der Waals surface area contributed by atoms with E-state index in [1.807, 2.05) is 12.3 Å². The van der Waals surface area contributed by atoms with Crippen LogP contribution in [-0.2, 0) is 11.3 Å². The smallest absolute Gasteiger partial charge is 0.274 e. The summed E-state index contributed by atoms with van der Waals surface area (Å²) in [6, 6.07) is 2.27. The van der Waals surface area contributed by atoms with Gasteiger partial charge in [0.1, 0.15) is 5.69 Å². The third kappa shape index (κ3) is 4.14. The van der Waals surface area contributed by atoms with Gasteiger partial charge in [-0.1, -0.05) is 32.1 Å². The fourth-order valence-corrected chi connectivity index (χ4v) is 4.09. The normalized spacial score (nSPS) is 22.7. The molecule has 1 aliphatic carbocycles. The van der Waals surface area contributed by atoms with E-state index in [4.69, 9.17) is 4.74 Å². The van der Waals surface area contributed by atoms with Crippen LogP contribution in [0.15, 0.2) is 12.3 Å². The molecule has 2 heterocycles. The second-order valence-corrected chi connectivity index (χ2v) is 6.99. The zero-order valence-corrected chi connectivity index (χ0v) is 14.2. The van der Waals surface area contributed by atoms with Gasteiger partial charge in [-0.05, 0) is 31.2 Å². The van der Waals surface area contributed by atoms with Crippen LogP contribution < -0.4 is 0 Å². The molecule has 2 aliphatic rings. The van der Waals surface area contributed by atoms with Crippen LogP contribution in [-0.4, -0.2) is 46.9 Å². The van der Waals surface area contributed by atoms with Crippen LogP contribution in [0.3, 0.4) is 0 Å². The average Bonchev–Trinajstić information content (AvgIpc) is 3.22. The summed E-state index contributed by atoms with van der Waals surface area (Å²) in [6.07, 6.45) is 12.2. The number of amides is 1. The van der Waals surface area contributed by atoms with Gasteiger partial charge >= 0.3 is 0 Å². The van der Waals surface area contributed by atoms with Crippen LogP contribution in [0.1, 0.15) is 61.9 Å². The second kappa shape index (κ2) is 7.95. The predicted molar refractivity (Wildman–Crippen MR) is 89.4 cm³/mol. The first-order chi connectivity index (χ1) is 11.3. The summed E-state index contributed by atoms with van der Waals surface area (Å²) in [5, 5.41) is 4.42. The molecule has 0 radical (unpaired) electrons. The zero-order valence-electron chi connectivity index (χ0n) is 14.2. The number of aromatic nitrogens is 2.